The van der Waals surface area contributed by atoms with Gasteiger partial charge in [0.1, 0.15) is 0 Å². The van der Waals surface area contributed by atoms with Crippen molar-refractivity contribution in [1.29, 1.82) is 0 Å². The van der Waals surface area contributed by atoms with Crippen LogP contribution in [-0.4, -0.2) is 55.2 Å². The van der Waals surface area contributed by atoms with Gasteiger partial charge in [0.15, 0.2) is 0 Å². The molecule has 0 aliphatic carbocycles. The molecule has 0 aliphatic heterocycles. The Balaban J connectivity index is 2.11. The third kappa shape index (κ3) is 12.6. The Kier molecular flexibility index (Phi) is 11.7. The molecule has 0 bridgehead atoms. The summed E-state index contributed by atoms with van der Waals surface area (Å²) in [5.41, 5.74) is 4.21. The molecule has 0 spiro atoms. The Hall–Kier alpha value is -1.88. The number of amides is 1. The fraction of sp³-hybridized carbons (Fsp3) is 0.680. The molecule has 1 amide bonds. The summed E-state index contributed by atoms with van der Waals surface area (Å²) >= 11 is 0. The van der Waals surface area contributed by atoms with Crippen LogP contribution in [0.25, 0.3) is 0 Å². The maximum atomic E-state index is 12.2. The van der Waals surface area contributed by atoms with Gasteiger partial charge in [-0.1, -0.05) is 55.9 Å². The number of quaternary nitrogens is 1. The fourth-order valence-corrected chi connectivity index (χ4v) is 3.89. The molecule has 1 aromatic rings. The van der Waals surface area contributed by atoms with Crippen LogP contribution in [0.15, 0.2) is 18.2 Å². The van der Waals surface area contributed by atoms with Crippen molar-refractivity contribution in [2.24, 2.45) is 0 Å². The summed E-state index contributed by atoms with van der Waals surface area (Å²) in [6.45, 7) is 4.95. The van der Waals surface area contributed by atoms with Crippen molar-refractivity contribution in [1.82, 2.24) is 5.32 Å². The first-order chi connectivity index (χ1) is 14.1. The molecule has 0 fully saturated rings. The van der Waals surface area contributed by atoms with Gasteiger partial charge in [0, 0.05) is 6.42 Å². The number of benzene rings is 1. The summed E-state index contributed by atoms with van der Waals surface area (Å²) in [7, 11) is 6.01. The van der Waals surface area contributed by atoms with E-state index in [4.69, 9.17) is 5.11 Å². The highest BCUT2D eigenvalue weighted by Gasteiger charge is 2.22. The van der Waals surface area contributed by atoms with Gasteiger partial charge in [0.05, 0.1) is 40.2 Å². The average Bonchev–Trinajstić information content (AvgIpc) is 2.61. The van der Waals surface area contributed by atoms with Crippen LogP contribution in [0.4, 0.5) is 0 Å². The molecule has 0 aliphatic rings. The van der Waals surface area contributed by atoms with E-state index in [0.29, 0.717) is 17.4 Å². The molecule has 5 nitrogen and oxygen atoms in total. The predicted octanol–water partition coefficient (Wildman–Crippen LogP) is 4.63. The number of aryl methyl sites for hydroxylation is 3. The molecule has 1 rings (SSSR count). The second-order valence-corrected chi connectivity index (χ2v) is 9.74. The van der Waals surface area contributed by atoms with Crippen LogP contribution in [0, 0.1) is 13.8 Å². The average molecular weight is 420 g/mol. The number of unbranched alkanes of at least 4 members (excludes halogenated alkanes) is 6. The summed E-state index contributed by atoms with van der Waals surface area (Å²) in [6, 6.07) is 6.39. The van der Waals surface area contributed by atoms with Crippen molar-refractivity contribution >= 4 is 11.9 Å². The lowest BCUT2D eigenvalue weighted by molar-refractivity contribution is -0.871. The van der Waals surface area contributed by atoms with Gasteiger partial charge in [-0.15, -0.1) is 0 Å². The summed E-state index contributed by atoms with van der Waals surface area (Å²) in [6.07, 6.45) is 9.69. The Morgan fingerprint density at radius 2 is 1.57 bits per heavy atom. The van der Waals surface area contributed by atoms with Gasteiger partial charge in [-0.25, -0.2) is 0 Å². The van der Waals surface area contributed by atoms with E-state index in [1.54, 1.807) is 0 Å². The number of likely N-dealkylation sites (N-methyl/N-ethyl adjacent to an activating group) is 1. The molecule has 0 aromatic heterocycles. The number of carbonyl (C=O) groups is 2. The first-order valence-corrected chi connectivity index (χ1v) is 11.4. The molecular formula is C25H43N2O3+. The molecule has 0 radical (unpaired) electrons. The molecule has 0 unspecified atom stereocenters. The highest BCUT2D eigenvalue weighted by molar-refractivity contribution is 5.77. The fourth-order valence-electron chi connectivity index (χ4n) is 3.89. The van der Waals surface area contributed by atoms with Gasteiger partial charge in [-0.05, 0) is 44.2 Å². The summed E-state index contributed by atoms with van der Waals surface area (Å²) < 4.78 is 0.627. The lowest BCUT2D eigenvalue weighted by atomic mass is 9.99. The first-order valence-electron chi connectivity index (χ1n) is 11.4. The van der Waals surface area contributed by atoms with E-state index in [1.165, 1.54) is 48.8 Å². The summed E-state index contributed by atoms with van der Waals surface area (Å²) in [5.74, 6) is -0.894. The van der Waals surface area contributed by atoms with Crippen molar-refractivity contribution in [3.05, 3.63) is 34.9 Å². The van der Waals surface area contributed by atoms with Gasteiger partial charge < -0.3 is 14.9 Å². The number of hydrogen-bond acceptors (Lipinski definition) is 2. The molecule has 30 heavy (non-hydrogen) atoms. The van der Waals surface area contributed by atoms with Crippen LogP contribution < -0.4 is 5.32 Å². The van der Waals surface area contributed by atoms with Crippen LogP contribution in [-0.2, 0) is 16.0 Å². The molecule has 170 valence electrons. The largest absolute Gasteiger partial charge is 0.481 e. The zero-order chi connectivity index (χ0) is 22.6. The molecular weight excluding hydrogens is 376 g/mol. The van der Waals surface area contributed by atoms with Crippen LogP contribution in [0.5, 0.6) is 0 Å². The number of carbonyl (C=O) groups excluding carboxylic acids is 1. The van der Waals surface area contributed by atoms with Crippen molar-refractivity contribution in [2.75, 3.05) is 27.7 Å². The molecule has 0 saturated carbocycles. The Labute approximate surface area is 183 Å². The van der Waals surface area contributed by atoms with Crippen LogP contribution in [0.1, 0.15) is 74.5 Å². The predicted molar refractivity (Wildman–Crippen MR) is 124 cm³/mol. The smallest absolute Gasteiger partial charge is 0.305 e. The second kappa shape index (κ2) is 13.4. The van der Waals surface area contributed by atoms with Crippen molar-refractivity contribution < 1.29 is 19.2 Å². The minimum atomic E-state index is -0.869. The lowest BCUT2D eigenvalue weighted by Gasteiger charge is -2.29. The van der Waals surface area contributed by atoms with Crippen LogP contribution in [0.3, 0.4) is 0 Å². The standard InChI is InChI=1S/C25H42N2O3/c1-20-15-16-21(2)22(17-20)13-11-9-7-6-8-10-12-14-24(28)26-23(18-25(29)30)19-27(3,4)5/h15-17,23H,6-14,18-19H2,1-5H3,(H-,26,28,29,30)/p+1/t23-/m1/s1. The molecule has 5 heteroatoms. The maximum Gasteiger partial charge on any atom is 0.305 e. The monoisotopic (exact) mass is 419 g/mol. The highest BCUT2D eigenvalue weighted by Crippen LogP contribution is 2.15. The number of aliphatic carboxylic acids is 1. The van der Waals surface area contributed by atoms with E-state index in [-0.39, 0.29) is 18.4 Å². The van der Waals surface area contributed by atoms with E-state index in [1.807, 2.05) is 21.1 Å². The molecule has 2 N–H and O–H groups in total. The molecule has 1 aromatic carbocycles. The quantitative estimate of drug-likeness (QED) is 0.322. The van der Waals surface area contributed by atoms with E-state index < -0.39 is 5.97 Å². The van der Waals surface area contributed by atoms with Gasteiger partial charge in [-0.2, -0.15) is 0 Å². The Bertz CT molecular complexity index is 665. The number of rotatable bonds is 15. The SMILES string of the molecule is Cc1ccc(C)c(CCCCCCCCCC(=O)N[C@H](CC(=O)O)C[N+](C)(C)C)c1. The molecule has 0 heterocycles. The van der Waals surface area contributed by atoms with Crippen molar-refractivity contribution in [2.45, 2.75) is 84.1 Å². The third-order valence-electron chi connectivity index (χ3n) is 5.41. The van der Waals surface area contributed by atoms with E-state index in [9.17, 15) is 9.59 Å². The molecule has 0 saturated heterocycles. The number of nitrogens with zero attached hydrogens (tertiary/aromatic N) is 1. The van der Waals surface area contributed by atoms with E-state index in [2.05, 4.69) is 37.4 Å². The highest BCUT2D eigenvalue weighted by atomic mass is 16.4. The zero-order valence-corrected chi connectivity index (χ0v) is 19.8. The van der Waals surface area contributed by atoms with Crippen molar-refractivity contribution in [3.63, 3.8) is 0 Å². The van der Waals surface area contributed by atoms with Gasteiger partial charge in [0.25, 0.3) is 0 Å². The van der Waals surface area contributed by atoms with Gasteiger partial charge >= 0.3 is 5.97 Å². The maximum absolute atomic E-state index is 12.2. The van der Waals surface area contributed by atoms with Crippen LogP contribution >= 0.6 is 0 Å². The summed E-state index contributed by atoms with van der Waals surface area (Å²) in [4.78, 5) is 23.2. The first kappa shape index (κ1) is 26.2. The summed E-state index contributed by atoms with van der Waals surface area (Å²) in [5, 5.41) is 12.0. The minimum absolute atomic E-state index is 0.0245. The van der Waals surface area contributed by atoms with Crippen molar-refractivity contribution in [3.8, 4) is 0 Å². The number of carboxylic acid groups (broad SMARTS) is 1. The molecule has 1 atom stereocenters. The zero-order valence-electron chi connectivity index (χ0n) is 19.8. The van der Waals surface area contributed by atoms with Crippen LogP contribution in [0.2, 0.25) is 0 Å². The Morgan fingerprint density at radius 3 is 2.17 bits per heavy atom. The lowest BCUT2D eigenvalue weighted by Crippen LogP contribution is -2.49. The van der Waals surface area contributed by atoms with Gasteiger partial charge in [-0.3, -0.25) is 9.59 Å². The third-order valence-corrected chi connectivity index (χ3v) is 5.41. The minimum Gasteiger partial charge on any atom is -0.481 e. The van der Waals surface area contributed by atoms with Gasteiger partial charge in [0.2, 0.25) is 5.91 Å². The van der Waals surface area contributed by atoms with E-state index in [0.717, 1.165) is 19.3 Å². The Morgan fingerprint density at radius 1 is 0.967 bits per heavy atom. The number of carboxylic acids is 1. The topological polar surface area (TPSA) is 66.4 Å². The van der Waals surface area contributed by atoms with E-state index >= 15 is 0 Å². The normalized spacial score (nSPS) is 12.6. The number of hydrogen-bond donors (Lipinski definition) is 2. The second-order valence-electron chi connectivity index (χ2n) is 9.74. The number of nitrogens with one attached hydrogen (secondary N) is 1.